The Labute approximate surface area is 93.1 Å². The molecule has 15 heavy (non-hydrogen) atoms. The molecule has 0 radical (unpaired) electrons. The number of hydrogen-bond acceptors (Lipinski definition) is 3. The Kier molecular flexibility index (Phi) is 2.82. The van der Waals surface area contributed by atoms with Crippen molar-refractivity contribution in [1.82, 2.24) is 4.98 Å². The molecular formula is C11H12ClNO2. The summed E-state index contributed by atoms with van der Waals surface area (Å²) in [6.45, 7) is 3.82. The number of aromatic nitrogens is 1. The lowest BCUT2D eigenvalue weighted by molar-refractivity contribution is 0.497. The average molecular weight is 226 g/mol. The second-order valence-corrected chi connectivity index (χ2v) is 3.76. The van der Waals surface area contributed by atoms with E-state index in [0.717, 1.165) is 22.8 Å². The molecule has 0 unspecified atom stereocenters. The predicted octanol–water partition coefficient (Wildman–Crippen LogP) is 3.33. The van der Waals surface area contributed by atoms with Gasteiger partial charge in [0, 0.05) is 12.3 Å². The van der Waals surface area contributed by atoms with E-state index < -0.39 is 0 Å². The van der Waals surface area contributed by atoms with Gasteiger partial charge in [0.25, 0.3) is 0 Å². The first-order valence-electron chi connectivity index (χ1n) is 4.79. The summed E-state index contributed by atoms with van der Waals surface area (Å²) in [5.74, 6) is 3.64. The van der Waals surface area contributed by atoms with Gasteiger partial charge in [-0.2, -0.15) is 0 Å². The molecule has 0 aliphatic heterocycles. The fraction of sp³-hybridized carbons (Fsp3) is 0.364. The van der Waals surface area contributed by atoms with Gasteiger partial charge in [-0.1, -0.05) is 0 Å². The molecule has 2 rings (SSSR count). The highest BCUT2D eigenvalue weighted by Gasteiger charge is 2.12. The lowest BCUT2D eigenvalue weighted by atomic mass is 10.2. The van der Waals surface area contributed by atoms with Crippen LogP contribution < -0.4 is 0 Å². The molecule has 0 aromatic carbocycles. The molecule has 0 bridgehead atoms. The number of alkyl halides is 1. The Morgan fingerprint density at radius 2 is 2.13 bits per heavy atom. The summed E-state index contributed by atoms with van der Waals surface area (Å²) in [6.07, 6.45) is 2.36. The van der Waals surface area contributed by atoms with Crippen LogP contribution in [0.5, 0.6) is 0 Å². The molecule has 0 spiro atoms. The molecule has 0 amide bonds. The van der Waals surface area contributed by atoms with E-state index in [1.165, 1.54) is 0 Å². The average Bonchev–Trinajstić information content (AvgIpc) is 2.73. The Balaban J connectivity index is 2.32. The summed E-state index contributed by atoms with van der Waals surface area (Å²) in [4.78, 5) is 4.14. The van der Waals surface area contributed by atoms with Gasteiger partial charge in [-0.25, -0.2) is 4.98 Å². The Morgan fingerprint density at radius 3 is 2.73 bits per heavy atom. The third kappa shape index (κ3) is 2.07. The van der Waals surface area contributed by atoms with Gasteiger partial charge in [-0.3, -0.25) is 0 Å². The van der Waals surface area contributed by atoms with Crippen LogP contribution in [0.3, 0.4) is 0 Å². The van der Waals surface area contributed by atoms with Crippen LogP contribution >= 0.6 is 11.6 Å². The highest BCUT2D eigenvalue weighted by Crippen LogP contribution is 2.27. The van der Waals surface area contributed by atoms with Crippen molar-refractivity contribution in [2.45, 2.75) is 20.3 Å². The number of nitrogens with zero attached hydrogens (tertiary/aromatic N) is 1. The first-order valence-corrected chi connectivity index (χ1v) is 5.32. The molecule has 2 heterocycles. The van der Waals surface area contributed by atoms with Crippen LogP contribution in [0.15, 0.2) is 21.1 Å². The minimum absolute atomic E-state index is 0.517. The minimum atomic E-state index is 0.517. The Morgan fingerprint density at radius 1 is 1.33 bits per heavy atom. The molecule has 0 atom stereocenters. The van der Waals surface area contributed by atoms with Crippen LogP contribution in [0.25, 0.3) is 11.3 Å². The van der Waals surface area contributed by atoms with Gasteiger partial charge in [0.15, 0.2) is 11.7 Å². The molecule has 2 aromatic rings. The summed E-state index contributed by atoms with van der Waals surface area (Å²) in [6, 6.07) is 1.94. The first kappa shape index (κ1) is 10.3. The molecule has 0 saturated carbocycles. The summed E-state index contributed by atoms with van der Waals surface area (Å²) in [5.41, 5.74) is 0.959. The van der Waals surface area contributed by atoms with E-state index >= 15 is 0 Å². The standard InChI is InChI=1S/C11H12ClNO2/c1-7-5-9(8(2)14-7)10-6-13-11(15-10)3-4-12/h5-6H,3-4H2,1-2H3. The number of aryl methyl sites for hydroxylation is 3. The maximum atomic E-state index is 5.61. The van der Waals surface area contributed by atoms with Gasteiger partial charge in [0.2, 0.25) is 0 Å². The molecule has 0 saturated heterocycles. The second kappa shape index (κ2) is 4.11. The Hall–Kier alpha value is -1.22. The topological polar surface area (TPSA) is 39.2 Å². The molecule has 4 heteroatoms. The Bertz CT molecular complexity index is 459. The van der Waals surface area contributed by atoms with Crippen molar-refractivity contribution in [2.24, 2.45) is 0 Å². The SMILES string of the molecule is Cc1cc(-c2cnc(CCCl)o2)c(C)o1. The third-order valence-electron chi connectivity index (χ3n) is 2.17. The largest absolute Gasteiger partial charge is 0.466 e. The van der Waals surface area contributed by atoms with Gasteiger partial charge in [-0.15, -0.1) is 11.6 Å². The second-order valence-electron chi connectivity index (χ2n) is 3.38. The van der Waals surface area contributed by atoms with Gasteiger partial charge in [0.05, 0.1) is 11.8 Å². The van der Waals surface area contributed by atoms with Crippen LogP contribution in [-0.4, -0.2) is 10.9 Å². The summed E-state index contributed by atoms with van der Waals surface area (Å²) in [7, 11) is 0. The van der Waals surface area contributed by atoms with Gasteiger partial charge >= 0.3 is 0 Å². The maximum Gasteiger partial charge on any atom is 0.196 e. The van der Waals surface area contributed by atoms with Gasteiger partial charge in [-0.05, 0) is 19.9 Å². The lowest BCUT2D eigenvalue weighted by Crippen LogP contribution is -1.83. The molecule has 0 fully saturated rings. The molecule has 0 N–H and O–H groups in total. The molecule has 2 aromatic heterocycles. The van der Waals surface area contributed by atoms with Crippen molar-refractivity contribution in [3.63, 3.8) is 0 Å². The number of oxazole rings is 1. The van der Waals surface area contributed by atoms with E-state index in [-0.39, 0.29) is 0 Å². The fourth-order valence-electron chi connectivity index (χ4n) is 1.51. The van der Waals surface area contributed by atoms with Crippen LogP contribution in [0, 0.1) is 13.8 Å². The van der Waals surface area contributed by atoms with E-state index in [1.54, 1.807) is 6.20 Å². The van der Waals surface area contributed by atoms with Crippen molar-refractivity contribution in [3.8, 4) is 11.3 Å². The normalized spacial score (nSPS) is 10.9. The van der Waals surface area contributed by atoms with Crippen LogP contribution in [0.4, 0.5) is 0 Å². The van der Waals surface area contributed by atoms with E-state index in [2.05, 4.69) is 4.98 Å². The van der Waals surface area contributed by atoms with Crippen LogP contribution in [0.2, 0.25) is 0 Å². The highest BCUT2D eigenvalue weighted by atomic mass is 35.5. The van der Waals surface area contributed by atoms with Crippen molar-refractivity contribution in [1.29, 1.82) is 0 Å². The first-order chi connectivity index (χ1) is 7.20. The lowest BCUT2D eigenvalue weighted by Gasteiger charge is -1.91. The fourth-order valence-corrected chi connectivity index (χ4v) is 1.67. The summed E-state index contributed by atoms with van der Waals surface area (Å²) in [5, 5.41) is 0. The monoisotopic (exact) mass is 225 g/mol. The van der Waals surface area contributed by atoms with Crippen molar-refractivity contribution in [2.75, 3.05) is 5.88 Å². The van der Waals surface area contributed by atoms with Crippen LogP contribution in [-0.2, 0) is 6.42 Å². The molecule has 0 aliphatic carbocycles. The number of hydrogen-bond donors (Lipinski definition) is 0. The highest BCUT2D eigenvalue weighted by molar-refractivity contribution is 6.17. The minimum Gasteiger partial charge on any atom is -0.466 e. The molecule has 0 aliphatic rings. The van der Waals surface area contributed by atoms with Crippen molar-refractivity contribution < 1.29 is 8.83 Å². The number of halogens is 1. The maximum absolute atomic E-state index is 5.61. The number of furan rings is 1. The smallest absolute Gasteiger partial charge is 0.196 e. The van der Waals surface area contributed by atoms with E-state index in [0.29, 0.717) is 18.2 Å². The van der Waals surface area contributed by atoms with E-state index in [4.69, 9.17) is 20.4 Å². The zero-order valence-corrected chi connectivity index (χ0v) is 9.47. The quantitative estimate of drug-likeness (QED) is 0.753. The van der Waals surface area contributed by atoms with Crippen molar-refractivity contribution in [3.05, 3.63) is 29.7 Å². The van der Waals surface area contributed by atoms with Crippen LogP contribution in [0.1, 0.15) is 17.4 Å². The van der Waals surface area contributed by atoms with Crippen molar-refractivity contribution >= 4 is 11.6 Å². The predicted molar refractivity (Wildman–Crippen MR) is 58.1 cm³/mol. The van der Waals surface area contributed by atoms with Gasteiger partial charge < -0.3 is 8.83 Å². The zero-order valence-electron chi connectivity index (χ0n) is 8.71. The van der Waals surface area contributed by atoms with E-state index in [9.17, 15) is 0 Å². The summed E-state index contributed by atoms with van der Waals surface area (Å²) >= 11 is 5.61. The molecule has 3 nitrogen and oxygen atoms in total. The van der Waals surface area contributed by atoms with Gasteiger partial charge in [0.1, 0.15) is 11.5 Å². The number of rotatable bonds is 3. The summed E-state index contributed by atoms with van der Waals surface area (Å²) < 4.78 is 11.0. The molecule has 80 valence electrons. The third-order valence-corrected chi connectivity index (χ3v) is 2.36. The zero-order chi connectivity index (χ0) is 10.8. The van der Waals surface area contributed by atoms with E-state index in [1.807, 2.05) is 19.9 Å². The molecular weight excluding hydrogens is 214 g/mol.